The number of hydrogen-bond donors (Lipinski definition) is 3. The van der Waals surface area contributed by atoms with Crippen molar-refractivity contribution in [3.63, 3.8) is 0 Å². The molecule has 1 aromatic carbocycles. The molecule has 0 saturated carbocycles. The van der Waals surface area contributed by atoms with Crippen molar-refractivity contribution in [2.45, 2.75) is 37.2 Å². The van der Waals surface area contributed by atoms with E-state index in [1.165, 1.54) is 11.1 Å². The Morgan fingerprint density at radius 2 is 2.07 bits per heavy atom. The van der Waals surface area contributed by atoms with Gasteiger partial charge in [0.2, 0.25) is 10.0 Å². The van der Waals surface area contributed by atoms with Crippen LogP contribution in [0.3, 0.4) is 0 Å². The third kappa shape index (κ3) is 5.70. The Morgan fingerprint density at radius 1 is 1.29 bits per heavy atom. The van der Waals surface area contributed by atoms with E-state index in [1.807, 2.05) is 13.0 Å². The van der Waals surface area contributed by atoms with Gasteiger partial charge in [0.25, 0.3) is 0 Å². The quantitative estimate of drug-likeness (QED) is 0.490. The van der Waals surface area contributed by atoms with Crippen LogP contribution in [0, 0.1) is 0 Å². The van der Waals surface area contributed by atoms with Crippen LogP contribution >= 0.6 is 11.3 Å². The van der Waals surface area contributed by atoms with E-state index in [1.54, 1.807) is 23.5 Å². The molecule has 9 heteroatoms. The molecule has 4 N–H and O–H groups in total. The van der Waals surface area contributed by atoms with E-state index in [2.05, 4.69) is 38.0 Å². The van der Waals surface area contributed by atoms with Gasteiger partial charge in [0.1, 0.15) is 0 Å². The van der Waals surface area contributed by atoms with E-state index in [4.69, 9.17) is 5.14 Å². The Balaban J connectivity index is 1.59. The normalized spacial score (nSPS) is 16.2. The topological polar surface area (TPSA) is 99.8 Å². The number of hydrogen-bond acceptors (Lipinski definition) is 5. The molecule has 1 aromatic heterocycles. The van der Waals surface area contributed by atoms with Crippen molar-refractivity contribution in [2.75, 3.05) is 24.5 Å². The summed E-state index contributed by atoms with van der Waals surface area (Å²) in [5.74, 6) is 0.748. The molecule has 3 rings (SSSR count). The second-order valence-corrected chi connectivity index (χ2v) is 9.23. The lowest BCUT2D eigenvalue weighted by molar-refractivity contribution is 0.463. The molecule has 1 fully saturated rings. The van der Waals surface area contributed by atoms with Crippen molar-refractivity contribution in [2.24, 2.45) is 10.1 Å². The van der Waals surface area contributed by atoms with Crippen LogP contribution in [0.5, 0.6) is 0 Å². The predicted molar refractivity (Wildman–Crippen MR) is 115 cm³/mol. The first kappa shape index (κ1) is 20.6. The molecule has 0 atom stereocenters. The molecule has 0 spiro atoms. The van der Waals surface area contributed by atoms with Crippen molar-refractivity contribution in [3.05, 3.63) is 47.3 Å². The number of benzene rings is 1. The standard InChI is InChI=1S/C19H27N5O2S2/c1-2-21-19(22-14-15-5-3-6-17(13-15)28(20,25)26)23-16-8-10-24(11-9-16)18-7-4-12-27-18/h3-7,12-13,16H,2,8-11,14H2,1H3,(H2,20,25,26)(H2,21,22,23). The summed E-state index contributed by atoms with van der Waals surface area (Å²) in [6.45, 7) is 5.21. The molecule has 2 heterocycles. The van der Waals surface area contributed by atoms with Gasteiger partial charge >= 0.3 is 0 Å². The predicted octanol–water partition coefficient (Wildman–Crippen LogP) is 2.12. The number of nitrogens with two attached hydrogens (primary N) is 1. The molecule has 0 unspecified atom stereocenters. The number of thiophene rings is 1. The molecule has 28 heavy (non-hydrogen) atoms. The molecule has 1 aliphatic heterocycles. The molecule has 7 nitrogen and oxygen atoms in total. The summed E-state index contributed by atoms with van der Waals surface area (Å²) in [4.78, 5) is 7.15. The Hall–Kier alpha value is -2.10. The SMILES string of the molecule is CCNC(=NCc1cccc(S(N)(=O)=O)c1)NC1CCN(c2cccs2)CC1. The largest absolute Gasteiger partial charge is 0.363 e. The van der Waals surface area contributed by atoms with Gasteiger partial charge in [0.15, 0.2) is 5.96 Å². The van der Waals surface area contributed by atoms with Crippen LogP contribution in [0.4, 0.5) is 5.00 Å². The summed E-state index contributed by atoms with van der Waals surface area (Å²) >= 11 is 1.78. The highest BCUT2D eigenvalue weighted by Gasteiger charge is 2.20. The zero-order valence-corrected chi connectivity index (χ0v) is 17.6. The van der Waals surface area contributed by atoms with Gasteiger partial charge in [-0.05, 0) is 55.0 Å². The summed E-state index contributed by atoms with van der Waals surface area (Å²) < 4.78 is 23.0. The first-order valence-electron chi connectivity index (χ1n) is 9.40. The van der Waals surface area contributed by atoms with Crippen molar-refractivity contribution in [3.8, 4) is 0 Å². The lowest BCUT2D eigenvalue weighted by Gasteiger charge is -2.33. The second-order valence-electron chi connectivity index (χ2n) is 6.74. The zero-order valence-electron chi connectivity index (χ0n) is 16.0. The molecular weight excluding hydrogens is 394 g/mol. The Labute approximate surface area is 170 Å². The van der Waals surface area contributed by atoms with Gasteiger partial charge < -0.3 is 15.5 Å². The second kappa shape index (κ2) is 9.40. The zero-order chi connectivity index (χ0) is 20.0. The maximum atomic E-state index is 11.5. The summed E-state index contributed by atoms with van der Waals surface area (Å²) in [6.07, 6.45) is 2.09. The fourth-order valence-electron chi connectivity index (χ4n) is 3.20. The van der Waals surface area contributed by atoms with Crippen molar-refractivity contribution < 1.29 is 8.42 Å². The van der Waals surface area contributed by atoms with E-state index in [9.17, 15) is 8.42 Å². The average Bonchev–Trinajstić information content (AvgIpc) is 3.21. The maximum absolute atomic E-state index is 11.5. The Morgan fingerprint density at radius 3 is 2.71 bits per heavy atom. The number of guanidine groups is 1. The minimum atomic E-state index is -3.70. The highest BCUT2D eigenvalue weighted by molar-refractivity contribution is 7.89. The monoisotopic (exact) mass is 421 g/mol. The minimum absolute atomic E-state index is 0.110. The lowest BCUT2D eigenvalue weighted by atomic mass is 10.1. The number of anilines is 1. The van der Waals surface area contributed by atoms with Crippen molar-refractivity contribution in [1.29, 1.82) is 0 Å². The van der Waals surface area contributed by atoms with Crippen LogP contribution in [-0.4, -0.2) is 40.1 Å². The molecule has 0 aliphatic carbocycles. The smallest absolute Gasteiger partial charge is 0.238 e. The van der Waals surface area contributed by atoms with Gasteiger partial charge in [0.05, 0.1) is 16.4 Å². The number of sulfonamides is 1. The van der Waals surface area contributed by atoms with Gasteiger partial charge in [-0.15, -0.1) is 11.3 Å². The molecule has 0 radical (unpaired) electrons. The third-order valence-electron chi connectivity index (χ3n) is 4.64. The average molecular weight is 422 g/mol. The van der Waals surface area contributed by atoms with Crippen LogP contribution in [0.1, 0.15) is 25.3 Å². The van der Waals surface area contributed by atoms with Crippen LogP contribution in [0.2, 0.25) is 0 Å². The summed E-state index contributed by atoms with van der Waals surface area (Å²) in [7, 11) is -3.70. The van der Waals surface area contributed by atoms with E-state index in [-0.39, 0.29) is 4.90 Å². The molecule has 1 aliphatic rings. The van der Waals surface area contributed by atoms with Crippen LogP contribution in [0.25, 0.3) is 0 Å². The van der Waals surface area contributed by atoms with Crippen molar-refractivity contribution in [1.82, 2.24) is 10.6 Å². The molecule has 1 saturated heterocycles. The molecule has 0 bridgehead atoms. The third-order valence-corrected chi connectivity index (χ3v) is 6.48. The van der Waals surface area contributed by atoms with E-state index in [0.29, 0.717) is 12.6 Å². The van der Waals surface area contributed by atoms with Gasteiger partial charge in [-0.25, -0.2) is 18.5 Å². The first-order valence-corrected chi connectivity index (χ1v) is 11.8. The number of aliphatic imine (C=N–C) groups is 1. The fourth-order valence-corrected chi connectivity index (χ4v) is 4.57. The van der Waals surface area contributed by atoms with Crippen molar-refractivity contribution >= 4 is 32.3 Å². The van der Waals surface area contributed by atoms with Gasteiger partial charge in [-0.3, -0.25) is 0 Å². The van der Waals surface area contributed by atoms with Gasteiger partial charge in [0, 0.05) is 25.7 Å². The number of piperidine rings is 1. The first-order chi connectivity index (χ1) is 13.5. The van der Waals surface area contributed by atoms with Gasteiger partial charge in [-0.2, -0.15) is 0 Å². The highest BCUT2D eigenvalue weighted by Crippen LogP contribution is 2.24. The molecular formula is C19H27N5O2S2. The number of primary sulfonamides is 1. The summed E-state index contributed by atoms with van der Waals surface area (Å²) in [5, 5.41) is 15.4. The maximum Gasteiger partial charge on any atom is 0.238 e. The number of nitrogens with one attached hydrogen (secondary N) is 2. The highest BCUT2D eigenvalue weighted by atomic mass is 32.2. The summed E-state index contributed by atoms with van der Waals surface area (Å²) in [6, 6.07) is 11.2. The number of nitrogens with zero attached hydrogens (tertiary/aromatic N) is 2. The lowest BCUT2D eigenvalue weighted by Crippen LogP contribution is -2.48. The van der Waals surface area contributed by atoms with E-state index < -0.39 is 10.0 Å². The van der Waals surface area contributed by atoms with Crippen LogP contribution < -0.4 is 20.7 Å². The Kier molecular flexibility index (Phi) is 6.93. The van der Waals surface area contributed by atoms with E-state index in [0.717, 1.165) is 44.0 Å². The molecule has 2 aromatic rings. The molecule has 152 valence electrons. The fraction of sp³-hybridized carbons (Fsp3) is 0.421. The summed E-state index contributed by atoms with van der Waals surface area (Å²) in [5.41, 5.74) is 0.802. The Bertz CT molecular complexity index is 889. The minimum Gasteiger partial charge on any atom is -0.363 e. The number of rotatable bonds is 6. The van der Waals surface area contributed by atoms with Crippen LogP contribution in [0.15, 0.2) is 51.7 Å². The molecule has 0 amide bonds. The van der Waals surface area contributed by atoms with Crippen LogP contribution in [-0.2, 0) is 16.6 Å². The van der Waals surface area contributed by atoms with Gasteiger partial charge in [-0.1, -0.05) is 12.1 Å². The van der Waals surface area contributed by atoms with E-state index >= 15 is 0 Å².